The highest BCUT2D eigenvalue weighted by Crippen LogP contribution is 2.64. The Kier molecular flexibility index (Phi) is 17.1. The van der Waals surface area contributed by atoms with E-state index in [0.29, 0.717) is 113 Å². The summed E-state index contributed by atoms with van der Waals surface area (Å²) in [4.78, 5) is 84.0. The molecule has 6 aromatic rings. The Balaban J connectivity index is 1.16. The fourth-order valence-electron chi connectivity index (χ4n) is 14.9. The predicted octanol–water partition coefficient (Wildman–Crippen LogP) is 14.8. The van der Waals surface area contributed by atoms with E-state index in [1.54, 1.807) is 25.1 Å². The number of ether oxygens (including phenoxy) is 1. The number of aromatic amines is 4. The van der Waals surface area contributed by atoms with Crippen LogP contribution in [0.25, 0.3) is 83.1 Å². The summed E-state index contributed by atoms with van der Waals surface area (Å²) in [7, 11) is 0. The lowest BCUT2D eigenvalue weighted by molar-refractivity contribution is -0.137. The van der Waals surface area contributed by atoms with Crippen LogP contribution in [0, 0.1) is 83.8 Å². The zero-order chi connectivity index (χ0) is 68.5. The van der Waals surface area contributed by atoms with Gasteiger partial charge in [0.05, 0.1) is 87.5 Å². The number of hydrogen-bond donors (Lipinski definition) is 8. The van der Waals surface area contributed by atoms with Gasteiger partial charge in [0, 0.05) is 87.4 Å². The molecule has 0 saturated carbocycles. The maximum absolute atomic E-state index is 12.3. The lowest BCUT2D eigenvalue weighted by Gasteiger charge is -2.46. The van der Waals surface area contributed by atoms with Crippen LogP contribution in [0.1, 0.15) is 202 Å². The number of H-pyrrole nitrogens is 4. The first kappa shape index (κ1) is 65.5. The first-order valence-electron chi connectivity index (χ1n) is 31.7. The third-order valence-electron chi connectivity index (χ3n) is 20.3. The van der Waals surface area contributed by atoms with Crippen molar-refractivity contribution in [3.8, 4) is 24.3 Å². The van der Waals surface area contributed by atoms with Crippen molar-refractivity contribution in [2.45, 2.75) is 158 Å². The molecule has 0 amide bonds. The van der Waals surface area contributed by atoms with Gasteiger partial charge in [0.15, 0.2) is 10.8 Å². The average molecular weight is 1270 g/mol. The van der Waals surface area contributed by atoms with E-state index in [1.807, 2.05) is 85.7 Å². The van der Waals surface area contributed by atoms with Crippen LogP contribution in [-0.2, 0) is 42.2 Å². The smallest absolute Gasteiger partial charge is 0.303 e. The first-order valence-corrected chi connectivity index (χ1v) is 31.7. The highest BCUT2D eigenvalue weighted by Gasteiger charge is 2.70. The number of nitrogens with one attached hydrogen (secondary N) is 4. The molecule has 482 valence electrons. The van der Waals surface area contributed by atoms with Crippen LogP contribution in [0.3, 0.4) is 0 Å². The number of nitrogens with zero attached hydrogens (tertiary/aromatic N) is 8. The van der Waals surface area contributed by atoms with Gasteiger partial charge in [-0.2, -0.15) is 21.0 Å². The third kappa shape index (κ3) is 11.0. The van der Waals surface area contributed by atoms with Gasteiger partial charge in [0.25, 0.3) is 0 Å². The molecule has 1 aliphatic carbocycles. The van der Waals surface area contributed by atoms with Crippen LogP contribution >= 0.6 is 0 Å². The number of carbonyl (C=O) groups is 4. The van der Waals surface area contributed by atoms with Crippen molar-refractivity contribution in [1.82, 2.24) is 39.9 Å². The van der Waals surface area contributed by atoms with Crippen molar-refractivity contribution >= 4 is 107 Å². The lowest BCUT2D eigenvalue weighted by Crippen LogP contribution is -2.54. The van der Waals surface area contributed by atoms with E-state index < -0.39 is 52.3 Å². The number of hydrogen-bond acceptors (Lipinski definition) is 13. The zero-order valence-corrected chi connectivity index (χ0v) is 54.8. The highest BCUT2D eigenvalue weighted by atomic mass is 16.5. The minimum atomic E-state index is -2.30. The topological polar surface area (TPSA) is 368 Å². The van der Waals surface area contributed by atoms with Gasteiger partial charge in [-0.3, -0.25) is 24.2 Å². The number of rotatable bonds is 17. The number of fused-ring (bicyclic) bond motifs is 19. The van der Waals surface area contributed by atoms with E-state index in [9.17, 15) is 60.7 Å². The maximum Gasteiger partial charge on any atom is 0.303 e. The molecule has 0 saturated heterocycles. The first-order chi connectivity index (χ1) is 45.2. The number of nitriles is 4. The van der Waals surface area contributed by atoms with Crippen molar-refractivity contribution in [3.63, 3.8) is 0 Å². The second-order valence-electron chi connectivity index (χ2n) is 25.5. The predicted molar refractivity (Wildman–Crippen MR) is 360 cm³/mol. The molecule has 0 aromatic carbocycles. The Morgan fingerprint density at radius 1 is 0.484 bits per heavy atom. The number of aromatic nitrogens is 8. The molecule has 21 heteroatoms. The van der Waals surface area contributed by atoms with Crippen molar-refractivity contribution in [3.05, 3.63) is 145 Å². The zero-order valence-electron chi connectivity index (χ0n) is 54.8. The third-order valence-corrected chi connectivity index (χ3v) is 20.3. The second-order valence-corrected chi connectivity index (χ2v) is 25.5. The van der Waals surface area contributed by atoms with Gasteiger partial charge in [-0.15, -0.1) is 0 Å². The van der Waals surface area contributed by atoms with E-state index >= 15 is 0 Å². The van der Waals surface area contributed by atoms with Gasteiger partial charge in [-0.25, -0.2) is 15.0 Å². The van der Waals surface area contributed by atoms with Gasteiger partial charge in [0.1, 0.15) is 0 Å². The molecular weight excluding hydrogens is 1200 g/mol. The summed E-state index contributed by atoms with van der Waals surface area (Å²) < 4.78 is 7.33. The van der Waals surface area contributed by atoms with Crippen LogP contribution < -0.4 is 0 Å². The summed E-state index contributed by atoms with van der Waals surface area (Å²) in [5, 5.41) is 84.1. The standard InChI is InChI=1S/C74H72N12O9/c1-12-44-35(2)50-23-51-36(3)45(13-17-66(87)88)58(80-51)28-59-46(14-18-67(89)90)37(4)52(81-59)26-63-70(40(7)54(84-63)24-57(44)79-50)42(9)95-43(10)71-41(8)55-25-62-49-21-22-73(31-75,32-76)74(33-77,34-78)72(49,11)65(86-62)30-56-39(6)48(16-20-69(93)94)61(83-56)29-60-47(15-19-68(91)92)38(5)53(82-60)27-64(71)85-55/h21,23-30,42-43,79,83-85H,12-20,22H2,1-11H3,(H,87,88)(H,89,90)(H,91,92)(H,93,94). The minimum Gasteiger partial charge on any atom is -0.481 e. The molecule has 0 spiro atoms. The quantitative estimate of drug-likeness (QED) is 0.0420. The van der Waals surface area contributed by atoms with E-state index in [-0.39, 0.29) is 63.5 Å². The largest absolute Gasteiger partial charge is 0.481 e. The Morgan fingerprint density at radius 2 is 0.863 bits per heavy atom. The lowest BCUT2D eigenvalue weighted by atomic mass is 9.46. The molecule has 5 aliphatic rings. The van der Waals surface area contributed by atoms with Gasteiger partial charge in [-0.1, -0.05) is 13.0 Å². The summed E-state index contributed by atoms with van der Waals surface area (Å²) in [6.45, 7) is 21.2. The van der Waals surface area contributed by atoms with Crippen LogP contribution in [0.5, 0.6) is 0 Å². The Hall–Kier alpha value is -11.0. The van der Waals surface area contributed by atoms with Gasteiger partial charge < -0.3 is 45.1 Å². The fraction of sp³-hybridized carbons (Fsp3) is 0.351. The van der Waals surface area contributed by atoms with Crippen molar-refractivity contribution in [2.24, 2.45) is 10.8 Å². The molecule has 0 radical (unpaired) electrons. The van der Waals surface area contributed by atoms with Crippen molar-refractivity contribution in [2.75, 3.05) is 0 Å². The molecule has 95 heavy (non-hydrogen) atoms. The average Bonchev–Trinajstić information content (AvgIpc) is 1.63. The Labute approximate surface area is 547 Å². The molecule has 6 aromatic heterocycles. The van der Waals surface area contributed by atoms with Gasteiger partial charge >= 0.3 is 23.9 Å². The van der Waals surface area contributed by atoms with E-state index in [1.165, 1.54) is 0 Å². The van der Waals surface area contributed by atoms with Crippen LogP contribution in [-0.4, -0.2) is 84.2 Å². The summed E-state index contributed by atoms with van der Waals surface area (Å²) in [6.07, 6.45) is 0.609. The van der Waals surface area contributed by atoms with Crippen LogP contribution in [0.4, 0.5) is 0 Å². The number of carboxylic acids is 4. The fourth-order valence-corrected chi connectivity index (χ4v) is 14.9. The second kappa shape index (κ2) is 24.8. The number of aliphatic carboxylic acids is 4. The molecule has 16 bridgehead atoms. The number of aryl methyl sites for hydroxylation is 6. The Morgan fingerprint density at radius 3 is 1.32 bits per heavy atom. The van der Waals surface area contributed by atoms with Crippen LogP contribution in [0.2, 0.25) is 0 Å². The van der Waals surface area contributed by atoms with Gasteiger partial charge in [-0.05, 0) is 222 Å². The van der Waals surface area contributed by atoms with E-state index in [4.69, 9.17) is 24.7 Å². The summed E-state index contributed by atoms with van der Waals surface area (Å²) in [5.74, 6) is -3.98. The monoisotopic (exact) mass is 1270 g/mol. The normalized spacial score (nSPS) is 16.9. The molecule has 11 rings (SSSR count). The minimum absolute atomic E-state index is 0.0801. The Bertz CT molecular complexity index is 5040. The van der Waals surface area contributed by atoms with E-state index in [2.05, 4.69) is 64.1 Å². The molecular formula is C74H72N12O9. The van der Waals surface area contributed by atoms with Crippen LogP contribution in [0.15, 0.2) is 54.6 Å². The van der Waals surface area contributed by atoms with Crippen molar-refractivity contribution < 1.29 is 44.3 Å². The molecule has 3 atom stereocenters. The molecule has 4 aliphatic heterocycles. The molecule has 10 heterocycles. The van der Waals surface area contributed by atoms with Gasteiger partial charge in [0.2, 0.25) is 0 Å². The molecule has 8 N–H and O–H groups in total. The summed E-state index contributed by atoms with van der Waals surface area (Å²) in [6, 6.07) is 23.5. The summed E-state index contributed by atoms with van der Waals surface area (Å²) >= 11 is 0. The SMILES string of the molecule is CCc1c(C)c2cc3nc(cc4nc(cc5[nH]c(cc1[nH]2)c(C)c5C(C)OC(C)c1c(C)c2cc5nc(cc6[nH]c(cc7nc(cc1[nH]2)C(C)=C7CCC(=O)O)c(CCC(=O)O)c6C)C1(C)C5=CCC(C#N)(C#N)C1(C#N)C#N)C(C)=C4CCC(=O)O)C(CCC(=O)O)=C3C. The highest BCUT2D eigenvalue weighted by molar-refractivity contribution is 5.98. The summed E-state index contributed by atoms with van der Waals surface area (Å²) in [5.41, 5.74) is 14.4. The molecule has 3 unspecified atom stereocenters. The number of carboxylic acid groups (broad SMARTS) is 4. The van der Waals surface area contributed by atoms with E-state index in [0.717, 1.165) is 61.1 Å². The number of allylic oxidation sites excluding steroid dienone is 8. The molecule has 21 nitrogen and oxygen atoms in total. The van der Waals surface area contributed by atoms with Crippen molar-refractivity contribution in [1.29, 1.82) is 21.0 Å². The maximum atomic E-state index is 12.3. The molecule has 0 fully saturated rings.